The van der Waals surface area contributed by atoms with Gasteiger partial charge in [0.1, 0.15) is 0 Å². The Labute approximate surface area is 162 Å². The van der Waals surface area contributed by atoms with Crippen molar-refractivity contribution in [2.75, 3.05) is 13.1 Å². The van der Waals surface area contributed by atoms with Crippen LogP contribution in [-0.2, 0) is 13.6 Å². The standard InChI is InChI=1S/C20H22N8/c1-26-12-15(9-24-26)13-27-7-4-17(5-8-27)28-14-23-19-20(28)25-18(11-22-19)16-3-2-6-21-10-16/h2-3,6,9-12,14,17H,4-5,7-8,13H2,1H3. The molecule has 142 valence electrons. The van der Waals surface area contributed by atoms with Crippen molar-refractivity contribution in [1.82, 2.24) is 39.2 Å². The molecule has 1 saturated heterocycles. The fraction of sp³-hybridized carbons (Fsp3) is 0.350. The second-order valence-electron chi connectivity index (χ2n) is 7.33. The van der Waals surface area contributed by atoms with Gasteiger partial charge in [-0.15, -0.1) is 0 Å². The lowest BCUT2D eigenvalue weighted by atomic mass is 10.0. The van der Waals surface area contributed by atoms with E-state index in [1.165, 1.54) is 5.56 Å². The predicted molar refractivity (Wildman–Crippen MR) is 105 cm³/mol. The van der Waals surface area contributed by atoms with Crippen LogP contribution >= 0.6 is 0 Å². The zero-order valence-electron chi connectivity index (χ0n) is 15.8. The minimum atomic E-state index is 0.397. The zero-order chi connectivity index (χ0) is 18.9. The highest BCUT2D eigenvalue weighted by Gasteiger charge is 2.23. The van der Waals surface area contributed by atoms with Crippen LogP contribution in [0.2, 0.25) is 0 Å². The summed E-state index contributed by atoms with van der Waals surface area (Å²) in [5.74, 6) is 0. The van der Waals surface area contributed by atoms with E-state index in [9.17, 15) is 0 Å². The highest BCUT2D eigenvalue weighted by Crippen LogP contribution is 2.27. The molecule has 1 aliphatic rings. The fourth-order valence-electron chi connectivity index (χ4n) is 3.90. The number of imidazole rings is 1. The topological polar surface area (TPSA) is 77.5 Å². The Morgan fingerprint density at radius 2 is 2.00 bits per heavy atom. The SMILES string of the molecule is Cn1cc(CN2CCC(n3cnc4ncc(-c5cccnc5)nc43)CC2)cn1. The molecule has 0 bridgehead atoms. The molecule has 0 atom stereocenters. The highest BCUT2D eigenvalue weighted by atomic mass is 15.2. The van der Waals surface area contributed by atoms with Crippen molar-refractivity contribution >= 4 is 11.3 Å². The van der Waals surface area contributed by atoms with Crippen molar-refractivity contribution in [3.63, 3.8) is 0 Å². The number of nitrogens with zero attached hydrogens (tertiary/aromatic N) is 8. The van der Waals surface area contributed by atoms with Gasteiger partial charge in [0, 0.05) is 62.4 Å². The van der Waals surface area contributed by atoms with Crippen molar-refractivity contribution in [3.05, 3.63) is 55.0 Å². The molecule has 5 rings (SSSR count). The molecule has 0 aliphatic carbocycles. The summed E-state index contributed by atoms with van der Waals surface area (Å²) >= 11 is 0. The number of likely N-dealkylation sites (tertiary alicyclic amines) is 1. The van der Waals surface area contributed by atoms with Gasteiger partial charge >= 0.3 is 0 Å². The minimum absolute atomic E-state index is 0.397. The van der Waals surface area contributed by atoms with Gasteiger partial charge in [-0.1, -0.05) is 0 Å². The van der Waals surface area contributed by atoms with Crippen molar-refractivity contribution < 1.29 is 0 Å². The first kappa shape index (κ1) is 17.0. The molecule has 0 aromatic carbocycles. The van der Waals surface area contributed by atoms with E-state index in [1.807, 2.05) is 42.6 Å². The molecule has 4 aromatic rings. The van der Waals surface area contributed by atoms with Crippen LogP contribution in [0.3, 0.4) is 0 Å². The largest absolute Gasteiger partial charge is 0.311 e. The van der Waals surface area contributed by atoms with Gasteiger partial charge in [0.2, 0.25) is 0 Å². The third-order valence-electron chi connectivity index (χ3n) is 5.36. The Hall–Kier alpha value is -3.13. The summed E-state index contributed by atoms with van der Waals surface area (Å²) in [5.41, 5.74) is 4.62. The quantitative estimate of drug-likeness (QED) is 0.546. The second-order valence-corrected chi connectivity index (χ2v) is 7.33. The van der Waals surface area contributed by atoms with Crippen LogP contribution in [0.5, 0.6) is 0 Å². The Bertz CT molecular complexity index is 1080. The van der Waals surface area contributed by atoms with E-state index >= 15 is 0 Å². The van der Waals surface area contributed by atoms with Crippen molar-refractivity contribution in [3.8, 4) is 11.3 Å². The highest BCUT2D eigenvalue weighted by molar-refractivity contribution is 5.70. The molecule has 5 heterocycles. The van der Waals surface area contributed by atoms with Gasteiger partial charge in [0.15, 0.2) is 11.3 Å². The van der Waals surface area contributed by atoms with Gasteiger partial charge in [-0.25, -0.2) is 15.0 Å². The fourth-order valence-corrected chi connectivity index (χ4v) is 3.90. The summed E-state index contributed by atoms with van der Waals surface area (Å²) in [5, 5.41) is 4.26. The number of hydrogen-bond donors (Lipinski definition) is 0. The van der Waals surface area contributed by atoms with Crippen LogP contribution in [0.15, 0.2) is 49.4 Å². The molecule has 8 heteroatoms. The molecule has 1 fully saturated rings. The lowest BCUT2D eigenvalue weighted by Crippen LogP contribution is -2.34. The third kappa shape index (κ3) is 3.27. The van der Waals surface area contributed by atoms with Crippen LogP contribution in [-0.4, -0.2) is 52.3 Å². The maximum atomic E-state index is 4.84. The minimum Gasteiger partial charge on any atom is -0.311 e. The maximum absolute atomic E-state index is 4.84. The van der Waals surface area contributed by atoms with E-state index in [4.69, 9.17) is 4.98 Å². The maximum Gasteiger partial charge on any atom is 0.197 e. The summed E-state index contributed by atoms with van der Waals surface area (Å²) < 4.78 is 4.06. The average molecular weight is 374 g/mol. The van der Waals surface area contributed by atoms with E-state index in [-0.39, 0.29) is 0 Å². The molecule has 0 N–H and O–H groups in total. The average Bonchev–Trinajstić information content (AvgIpc) is 3.35. The molecule has 0 spiro atoms. The van der Waals surface area contributed by atoms with Crippen LogP contribution < -0.4 is 0 Å². The van der Waals surface area contributed by atoms with Crippen molar-refractivity contribution in [2.45, 2.75) is 25.4 Å². The first-order valence-corrected chi connectivity index (χ1v) is 9.56. The second kappa shape index (κ2) is 7.12. The summed E-state index contributed by atoms with van der Waals surface area (Å²) in [6.45, 7) is 3.06. The van der Waals surface area contributed by atoms with Crippen LogP contribution in [0, 0.1) is 0 Å². The Kier molecular flexibility index (Phi) is 4.32. The summed E-state index contributed by atoms with van der Waals surface area (Å²) in [7, 11) is 1.96. The number of fused-ring (bicyclic) bond motifs is 1. The number of aromatic nitrogens is 7. The van der Waals surface area contributed by atoms with Gasteiger partial charge in [-0.2, -0.15) is 5.10 Å². The van der Waals surface area contributed by atoms with Gasteiger partial charge in [0.05, 0.1) is 24.4 Å². The molecule has 0 unspecified atom stereocenters. The Morgan fingerprint density at radius 1 is 1.11 bits per heavy atom. The van der Waals surface area contributed by atoms with E-state index < -0.39 is 0 Å². The summed E-state index contributed by atoms with van der Waals surface area (Å²) in [6, 6.07) is 4.31. The van der Waals surface area contributed by atoms with Crippen LogP contribution in [0.1, 0.15) is 24.4 Å². The number of rotatable bonds is 4. The first-order chi connectivity index (χ1) is 13.8. The van der Waals surface area contributed by atoms with Gasteiger partial charge in [0.25, 0.3) is 0 Å². The predicted octanol–water partition coefficient (Wildman–Crippen LogP) is 2.46. The van der Waals surface area contributed by atoms with E-state index in [1.54, 1.807) is 12.4 Å². The van der Waals surface area contributed by atoms with Gasteiger partial charge < -0.3 is 4.57 Å². The third-order valence-corrected chi connectivity index (χ3v) is 5.36. The Morgan fingerprint density at radius 3 is 2.75 bits per heavy atom. The number of pyridine rings is 1. The summed E-state index contributed by atoms with van der Waals surface area (Å²) in [6.07, 6.45) is 13.4. The van der Waals surface area contributed by atoms with Crippen LogP contribution in [0.4, 0.5) is 0 Å². The molecular formula is C20H22N8. The Balaban J connectivity index is 1.34. The normalized spacial score (nSPS) is 16.0. The molecule has 4 aromatic heterocycles. The van der Waals surface area contributed by atoms with E-state index in [2.05, 4.69) is 35.7 Å². The lowest BCUT2D eigenvalue weighted by Gasteiger charge is -2.32. The molecule has 0 saturated carbocycles. The van der Waals surface area contributed by atoms with E-state index in [0.29, 0.717) is 11.7 Å². The lowest BCUT2D eigenvalue weighted by molar-refractivity contribution is 0.181. The number of piperidine rings is 1. The number of aryl methyl sites for hydroxylation is 1. The molecule has 0 amide bonds. The smallest absolute Gasteiger partial charge is 0.197 e. The molecule has 8 nitrogen and oxygen atoms in total. The van der Waals surface area contributed by atoms with Crippen molar-refractivity contribution in [1.29, 1.82) is 0 Å². The zero-order valence-corrected chi connectivity index (χ0v) is 15.8. The first-order valence-electron chi connectivity index (χ1n) is 9.56. The summed E-state index contributed by atoms with van der Waals surface area (Å²) in [4.78, 5) is 20.5. The molecule has 1 aliphatic heterocycles. The molecule has 28 heavy (non-hydrogen) atoms. The van der Waals surface area contributed by atoms with E-state index in [0.717, 1.165) is 49.4 Å². The van der Waals surface area contributed by atoms with Crippen molar-refractivity contribution in [2.24, 2.45) is 7.05 Å². The van der Waals surface area contributed by atoms with Crippen LogP contribution in [0.25, 0.3) is 22.6 Å². The van der Waals surface area contributed by atoms with Gasteiger partial charge in [-0.05, 0) is 25.0 Å². The number of hydrogen-bond acceptors (Lipinski definition) is 6. The monoisotopic (exact) mass is 374 g/mol. The van der Waals surface area contributed by atoms with Gasteiger partial charge in [-0.3, -0.25) is 14.6 Å². The molecular weight excluding hydrogens is 352 g/mol. The molecule has 0 radical (unpaired) electrons.